The van der Waals surface area contributed by atoms with Crippen LogP contribution in [0.3, 0.4) is 0 Å². The van der Waals surface area contributed by atoms with Crippen LogP contribution in [-0.2, 0) is 13.5 Å². The Bertz CT molecular complexity index is 987. The summed E-state index contributed by atoms with van der Waals surface area (Å²) in [6.45, 7) is 3.81. The molecule has 1 atom stereocenters. The SMILES string of the molecule is Cc1ccc2nc(C(=O)NC3CCCc4c3c(C)nn4C)c(F)n2c1. The van der Waals surface area contributed by atoms with E-state index in [4.69, 9.17) is 0 Å². The van der Waals surface area contributed by atoms with Gasteiger partial charge in [-0.3, -0.25) is 13.9 Å². The van der Waals surface area contributed by atoms with Crippen molar-refractivity contribution in [1.29, 1.82) is 0 Å². The fourth-order valence-electron chi connectivity index (χ4n) is 3.73. The number of fused-ring (bicyclic) bond motifs is 2. The fraction of sp³-hybridized carbons (Fsp3) is 0.389. The van der Waals surface area contributed by atoms with Crippen molar-refractivity contribution < 1.29 is 9.18 Å². The van der Waals surface area contributed by atoms with E-state index in [1.54, 1.807) is 12.3 Å². The van der Waals surface area contributed by atoms with Crippen LogP contribution in [0.25, 0.3) is 5.65 Å². The van der Waals surface area contributed by atoms with Crippen LogP contribution in [0.2, 0.25) is 0 Å². The highest BCUT2D eigenvalue weighted by atomic mass is 19.1. The van der Waals surface area contributed by atoms with Crippen molar-refractivity contribution in [3.8, 4) is 0 Å². The lowest BCUT2D eigenvalue weighted by Crippen LogP contribution is -2.32. The number of hydrogen-bond donors (Lipinski definition) is 1. The van der Waals surface area contributed by atoms with Crippen LogP contribution >= 0.6 is 0 Å². The first-order valence-corrected chi connectivity index (χ1v) is 8.43. The molecule has 1 N–H and O–H groups in total. The quantitative estimate of drug-likeness (QED) is 0.779. The maximum absolute atomic E-state index is 14.6. The lowest BCUT2D eigenvalue weighted by molar-refractivity contribution is 0.0923. The second kappa shape index (κ2) is 5.68. The lowest BCUT2D eigenvalue weighted by atomic mass is 9.91. The Morgan fingerprint density at radius 3 is 2.96 bits per heavy atom. The van der Waals surface area contributed by atoms with E-state index >= 15 is 0 Å². The van der Waals surface area contributed by atoms with Gasteiger partial charge >= 0.3 is 0 Å². The highest BCUT2D eigenvalue weighted by Crippen LogP contribution is 2.32. The summed E-state index contributed by atoms with van der Waals surface area (Å²) in [6.07, 6.45) is 4.36. The number of carbonyl (C=O) groups is 1. The minimum atomic E-state index is -0.629. The molecule has 0 spiro atoms. The first-order valence-electron chi connectivity index (χ1n) is 8.43. The third-order valence-corrected chi connectivity index (χ3v) is 4.87. The molecular weight excluding hydrogens is 321 g/mol. The average molecular weight is 341 g/mol. The minimum absolute atomic E-state index is 0.157. The van der Waals surface area contributed by atoms with Gasteiger partial charge in [-0.25, -0.2) is 4.98 Å². The van der Waals surface area contributed by atoms with Gasteiger partial charge in [-0.1, -0.05) is 6.07 Å². The summed E-state index contributed by atoms with van der Waals surface area (Å²) in [5.74, 6) is -1.12. The Balaban J connectivity index is 1.67. The van der Waals surface area contributed by atoms with Crippen molar-refractivity contribution in [2.45, 2.75) is 39.2 Å². The Hall–Kier alpha value is -2.70. The van der Waals surface area contributed by atoms with Crippen molar-refractivity contribution in [3.63, 3.8) is 0 Å². The average Bonchev–Trinajstić information content (AvgIpc) is 3.06. The number of amides is 1. The van der Waals surface area contributed by atoms with E-state index in [1.165, 1.54) is 4.40 Å². The molecule has 3 aromatic rings. The Labute approximate surface area is 144 Å². The highest BCUT2D eigenvalue weighted by molar-refractivity contribution is 5.93. The normalized spacial score (nSPS) is 16.9. The fourth-order valence-corrected chi connectivity index (χ4v) is 3.73. The molecule has 6 nitrogen and oxygen atoms in total. The summed E-state index contributed by atoms with van der Waals surface area (Å²) in [6, 6.07) is 3.39. The van der Waals surface area contributed by atoms with Gasteiger partial charge in [0, 0.05) is 24.5 Å². The highest BCUT2D eigenvalue weighted by Gasteiger charge is 2.29. The third kappa shape index (κ3) is 2.50. The largest absolute Gasteiger partial charge is 0.344 e. The van der Waals surface area contributed by atoms with E-state index in [1.807, 2.05) is 31.6 Å². The van der Waals surface area contributed by atoms with Crippen molar-refractivity contribution in [3.05, 3.63) is 52.5 Å². The van der Waals surface area contributed by atoms with Crippen LogP contribution in [0.15, 0.2) is 18.3 Å². The summed E-state index contributed by atoms with van der Waals surface area (Å²) in [5.41, 5.74) is 4.27. The first kappa shape index (κ1) is 15.8. The maximum atomic E-state index is 14.6. The standard InChI is InChI=1S/C18H20FN5O/c1-10-7-8-14-21-16(17(19)24(14)9-10)18(25)20-12-5-4-6-13-15(12)11(2)22-23(13)3/h7-9,12H,4-6H2,1-3H3,(H,20,25). The molecule has 1 aliphatic rings. The van der Waals surface area contributed by atoms with Gasteiger partial charge in [-0.05, 0) is 44.7 Å². The lowest BCUT2D eigenvalue weighted by Gasteiger charge is -2.24. The van der Waals surface area contributed by atoms with Gasteiger partial charge in [-0.2, -0.15) is 9.49 Å². The van der Waals surface area contributed by atoms with E-state index in [-0.39, 0.29) is 11.7 Å². The van der Waals surface area contributed by atoms with Gasteiger partial charge in [0.15, 0.2) is 5.69 Å². The van der Waals surface area contributed by atoms with Gasteiger partial charge < -0.3 is 5.32 Å². The zero-order valence-corrected chi connectivity index (χ0v) is 14.5. The summed E-state index contributed by atoms with van der Waals surface area (Å²) in [7, 11) is 1.92. The Kier molecular flexibility index (Phi) is 3.59. The molecule has 0 saturated carbocycles. The molecule has 1 aliphatic carbocycles. The predicted molar refractivity (Wildman–Crippen MR) is 91.0 cm³/mol. The maximum Gasteiger partial charge on any atom is 0.275 e. The van der Waals surface area contributed by atoms with Crippen molar-refractivity contribution in [2.24, 2.45) is 7.05 Å². The molecule has 0 saturated heterocycles. The summed E-state index contributed by atoms with van der Waals surface area (Å²) in [5, 5.41) is 7.41. The van der Waals surface area contributed by atoms with E-state index in [0.29, 0.717) is 5.65 Å². The monoisotopic (exact) mass is 341 g/mol. The Morgan fingerprint density at radius 1 is 1.36 bits per heavy atom. The molecule has 3 aromatic heterocycles. The molecule has 25 heavy (non-hydrogen) atoms. The first-order chi connectivity index (χ1) is 12.0. The van der Waals surface area contributed by atoms with E-state index in [2.05, 4.69) is 15.4 Å². The molecule has 0 fully saturated rings. The number of pyridine rings is 1. The minimum Gasteiger partial charge on any atom is -0.344 e. The topological polar surface area (TPSA) is 64.2 Å². The molecule has 0 aromatic carbocycles. The van der Waals surface area contributed by atoms with Crippen LogP contribution in [0.4, 0.5) is 4.39 Å². The van der Waals surface area contributed by atoms with Crippen LogP contribution in [0.1, 0.15) is 51.9 Å². The summed E-state index contributed by atoms with van der Waals surface area (Å²) in [4.78, 5) is 16.8. The van der Waals surface area contributed by atoms with E-state index < -0.39 is 11.9 Å². The van der Waals surface area contributed by atoms with Crippen molar-refractivity contribution in [2.75, 3.05) is 0 Å². The number of aromatic nitrogens is 4. The smallest absolute Gasteiger partial charge is 0.275 e. The van der Waals surface area contributed by atoms with E-state index in [0.717, 1.165) is 41.8 Å². The molecule has 0 radical (unpaired) electrons. The molecule has 3 heterocycles. The Morgan fingerprint density at radius 2 is 2.16 bits per heavy atom. The van der Waals surface area contributed by atoms with E-state index in [9.17, 15) is 9.18 Å². The van der Waals surface area contributed by atoms with Crippen LogP contribution in [0, 0.1) is 19.8 Å². The predicted octanol–water partition coefficient (Wildman–Crippen LogP) is 2.63. The third-order valence-electron chi connectivity index (χ3n) is 4.87. The van der Waals surface area contributed by atoms with Gasteiger partial charge in [0.1, 0.15) is 5.65 Å². The molecule has 130 valence electrons. The van der Waals surface area contributed by atoms with Crippen molar-refractivity contribution >= 4 is 11.6 Å². The number of halogens is 1. The van der Waals surface area contributed by atoms with Crippen molar-refractivity contribution in [1.82, 2.24) is 24.5 Å². The second-order valence-corrected chi connectivity index (χ2v) is 6.67. The molecular formula is C18H20FN5O. The van der Waals surface area contributed by atoms with Crippen LogP contribution < -0.4 is 5.32 Å². The van der Waals surface area contributed by atoms with Crippen LogP contribution in [0.5, 0.6) is 0 Å². The number of nitrogens with one attached hydrogen (secondary N) is 1. The molecule has 0 aliphatic heterocycles. The molecule has 1 unspecified atom stereocenters. The molecule has 0 bridgehead atoms. The summed E-state index contributed by atoms with van der Waals surface area (Å²) < 4.78 is 17.8. The number of nitrogens with zero attached hydrogens (tertiary/aromatic N) is 4. The van der Waals surface area contributed by atoms with Gasteiger partial charge in [0.05, 0.1) is 11.7 Å². The van der Waals surface area contributed by atoms with Crippen LogP contribution in [-0.4, -0.2) is 25.1 Å². The molecule has 7 heteroatoms. The second-order valence-electron chi connectivity index (χ2n) is 6.67. The summed E-state index contributed by atoms with van der Waals surface area (Å²) >= 11 is 0. The number of hydrogen-bond acceptors (Lipinski definition) is 3. The zero-order chi connectivity index (χ0) is 17.7. The molecule has 1 amide bonds. The van der Waals surface area contributed by atoms with Gasteiger partial charge in [0.25, 0.3) is 5.91 Å². The zero-order valence-electron chi connectivity index (χ0n) is 14.5. The number of carbonyl (C=O) groups excluding carboxylic acids is 1. The molecule has 4 rings (SSSR count). The number of aryl methyl sites for hydroxylation is 3. The number of imidazole rings is 1. The number of rotatable bonds is 2. The van der Waals surface area contributed by atoms with Gasteiger partial charge in [-0.15, -0.1) is 0 Å². The van der Waals surface area contributed by atoms with Gasteiger partial charge in [0.2, 0.25) is 5.95 Å².